The Bertz CT molecular complexity index is 741. The van der Waals surface area contributed by atoms with Crippen LogP contribution >= 0.6 is 0 Å². The highest BCUT2D eigenvalue weighted by Crippen LogP contribution is 2.18. The normalized spacial score (nSPS) is 11.4. The molecule has 0 bridgehead atoms. The molecule has 2 rings (SSSR count). The van der Waals surface area contributed by atoms with Gasteiger partial charge in [0.1, 0.15) is 0 Å². The van der Waals surface area contributed by atoms with Gasteiger partial charge in [-0.2, -0.15) is 0 Å². The van der Waals surface area contributed by atoms with Crippen molar-refractivity contribution in [2.45, 2.75) is 26.3 Å². The van der Waals surface area contributed by atoms with E-state index < -0.39 is 6.04 Å². The van der Waals surface area contributed by atoms with Crippen molar-refractivity contribution in [2.24, 2.45) is 0 Å². The standard InChI is InChI=1S/C19H20N2O3/c1-13(22)16-9-6-10-17(11-16)21-19(24)12-18(20-14(2)23)15-7-4-3-5-8-15/h3-11,18H,12H2,1-2H3,(H,20,23)(H,21,24). The molecule has 0 saturated heterocycles. The van der Waals surface area contributed by atoms with Gasteiger partial charge in [-0.25, -0.2) is 0 Å². The van der Waals surface area contributed by atoms with Crippen LogP contribution < -0.4 is 10.6 Å². The maximum absolute atomic E-state index is 12.3. The Morgan fingerprint density at radius 1 is 0.958 bits per heavy atom. The molecule has 0 radical (unpaired) electrons. The first-order chi connectivity index (χ1) is 11.5. The second-order valence-electron chi connectivity index (χ2n) is 5.55. The molecule has 2 amide bonds. The number of carbonyl (C=O) groups excluding carboxylic acids is 3. The fraction of sp³-hybridized carbons (Fsp3) is 0.211. The summed E-state index contributed by atoms with van der Waals surface area (Å²) in [5.74, 6) is -0.500. The molecule has 0 fully saturated rings. The summed E-state index contributed by atoms with van der Waals surface area (Å²) >= 11 is 0. The number of anilines is 1. The molecule has 1 unspecified atom stereocenters. The van der Waals surface area contributed by atoms with Gasteiger partial charge in [-0.1, -0.05) is 42.5 Å². The van der Waals surface area contributed by atoms with Crippen LogP contribution in [0, 0.1) is 0 Å². The van der Waals surface area contributed by atoms with Crippen molar-refractivity contribution in [1.82, 2.24) is 5.32 Å². The predicted molar refractivity (Wildman–Crippen MR) is 92.7 cm³/mol. The van der Waals surface area contributed by atoms with Crippen molar-refractivity contribution < 1.29 is 14.4 Å². The molecule has 0 spiro atoms. The quantitative estimate of drug-likeness (QED) is 0.802. The first-order valence-corrected chi connectivity index (χ1v) is 7.68. The van der Waals surface area contributed by atoms with Crippen LogP contribution in [0.15, 0.2) is 54.6 Å². The molecular weight excluding hydrogens is 304 g/mol. The van der Waals surface area contributed by atoms with E-state index in [9.17, 15) is 14.4 Å². The van der Waals surface area contributed by atoms with Gasteiger partial charge in [0.05, 0.1) is 12.5 Å². The highest BCUT2D eigenvalue weighted by atomic mass is 16.2. The zero-order valence-corrected chi connectivity index (χ0v) is 13.7. The number of Topliss-reactive ketones (excluding diaryl/α,β-unsaturated/α-hetero) is 1. The third-order valence-electron chi connectivity index (χ3n) is 3.52. The van der Waals surface area contributed by atoms with E-state index in [4.69, 9.17) is 0 Å². The molecule has 0 aliphatic carbocycles. The van der Waals surface area contributed by atoms with Crippen molar-refractivity contribution in [3.05, 3.63) is 65.7 Å². The lowest BCUT2D eigenvalue weighted by molar-refractivity contribution is -0.120. The van der Waals surface area contributed by atoms with Crippen LogP contribution in [-0.2, 0) is 9.59 Å². The Balaban J connectivity index is 2.09. The molecule has 2 aromatic rings. The summed E-state index contributed by atoms with van der Waals surface area (Å²) in [6.07, 6.45) is 0.105. The van der Waals surface area contributed by atoms with Gasteiger partial charge in [0.15, 0.2) is 5.78 Å². The second kappa shape index (κ2) is 8.06. The molecule has 0 aliphatic heterocycles. The van der Waals surface area contributed by atoms with E-state index in [1.807, 2.05) is 30.3 Å². The smallest absolute Gasteiger partial charge is 0.226 e. The largest absolute Gasteiger partial charge is 0.349 e. The summed E-state index contributed by atoms with van der Waals surface area (Å²) in [6.45, 7) is 2.90. The molecule has 0 aliphatic rings. The lowest BCUT2D eigenvalue weighted by Gasteiger charge is -2.18. The molecule has 2 N–H and O–H groups in total. The van der Waals surface area contributed by atoms with Gasteiger partial charge < -0.3 is 10.6 Å². The van der Waals surface area contributed by atoms with E-state index in [0.29, 0.717) is 11.3 Å². The fourth-order valence-electron chi connectivity index (χ4n) is 2.40. The topological polar surface area (TPSA) is 75.3 Å². The van der Waals surface area contributed by atoms with Crippen molar-refractivity contribution in [1.29, 1.82) is 0 Å². The minimum atomic E-state index is -0.403. The Morgan fingerprint density at radius 2 is 1.67 bits per heavy atom. The number of benzene rings is 2. The zero-order valence-electron chi connectivity index (χ0n) is 13.7. The van der Waals surface area contributed by atoms with E-state index in [1.54, 1.807) is 24.3 Å². The number of rotatable bonds is 6. The van der Waals surface area contributed by atoms with Crippen LogP contribution in [0.1, 0.15) is 42.2 Å². The van der Waals surface area contributed by atoms with E-state index in [-0.39, 0.29) is 24.0 Å². The number of nitrogens with one attached hydrogen (secondary N) is 2. The summed E-state index contributed by atoms with van der Waals surface area (Å²) in [6, 6.07) is 15.7. The van der Waals surface area contributed by atoms with Crippen LogP contribution in [0.3, 0.4) is 0 Å². The van der Waals surface area contributed by atoms with Crippen molar-refractivity contribution in [2.75, 3.05) is 5.32 Å². The van der Waals surface area contributed by atoms with Gasteiger partial charge in [0.2, 0.25) is 11.8 Å². The Morgan fingerprint density at radius 3 is 2.29 bits per heavy atom. The summed E-state index contributed by atoms with van der Waals surface area (Å²) in [5, 5.41) is 5.56. The van der Waals surface area contributed by atoms with Crippen molar-refractivity contribution in [3.8, 4) is 0 Å². The minimum absolute atomic E-state index is 0.0634. The maximum atomic E-state index is 12.3. The van der Waals surface area contributed by atoms with Crippen LogP contribution in [-0.4, -0.2) is 17.6 Å². The van der Waals surface area contributed by atoms with Crippen LogP contribution in [0.25, 0.3) is 0 Å². The SMILES string of the molecule is CC(=O)NC(CC(=O)Nc1cccc(C(C)=O)c1)c1ccccc1. The zero-order chi connectivity index (χ0) is 17.5. The highest BCUT2D eigenvalue weighted by Gasteiger charge is 2.17. The third-order valence-corrected chi connectivity index (χ3v) is 3.52. The molecule has 5 nitrogen and oxygen atoms in total. The molecule has 0 aromatic heterocycles. The average molecular weight is 324 g/mol. The third kappa shape index (κ3) is 5.05. The number of amides is 2. The van der Waals surface area contributed by atoms with Crippen LogP contribution in [0.2, 0.25) is 0 Å². The number of carbonyl (C=O) groups is 3. The van der Waals surface area contributed by atoms with Gasteiger partial charge in [-0.3, -0.25) is 14.4 Å². The Labute approximate surface area is 141 Å². The highest BCUT2D eigenvalue weighted by molar-refractivity contribution is 5.97. The van der Waals surface area contributed by atoms with Gasteiger partial charge in [-0.05, 0) is 24.6 Å². The summed E-state index contributed by atoms with van der Waals surface area (Å²) in [5.41, 5.74) is 1.96. The van der Waals surface area contributed by atoms with Gasteiger partial charge in [-0.15, -0.1) is 0 Å². The average Bonchev–Trinajstić information content (AvgIpc) is 2.55. The lowest BCUT2D eigenvalue weighted by Crippen LogP contribution is -2.29. The monoisotopic (exact) mass is 324 g/mol. The molecular formula is C19H20N2O3. The van der Waals surface area contributed by atoms with Gasteiger partial charge in [0.25, 0.3) is 0 Å². The lowest BCUT2D eigenvalue weighted by atomic mass is 10.0. The molecule has 124 valence electrons. The molecule has 5 heteroatoms. The van der Waals surface area contributed by atoms with E-state index >= 15 is 0 Å². The predicted octanol–water partition coefficient (Wildman–Crippen LogP) is 3.10. The number of hydrogen-bond donors (Lipinski definition) is 2. The number of ketones is 1. The van der Waals surface area contributed by atoms with Crippen LogP contribution in [0.5, 0.6) is 0 Å². The van der Waals surface area contributed by atoms with Crippen molar-refractivity contribution >= 4 is 23.3 Å². The summed E-state index contributed by atoms with van der Waals surface area (Å²) in [4.78, 5) is 35.1. The first-order valence-electron chi connectivity index (χ1n) is 7.68. The van der Waals surface area contributed by atoms with Gasteiger partial charge in [0, 0.05) is 18.2 Å². The second-order valence-corrected chi connectivity index (χ2v) is 5.55. The van der Waals surface area contributed by atoms with Crippen LogP contribution in [0.4, 0.5) is 5.69 Å². The fourth-order valence-corrected chi connectivity index (χ4v) is 2.40. The van der Waals surface area contributed by atoms with Gasteiger partial charge >= 0.3 is 0 Å². The molecule has 24 heavy (non-hydrogen) atoms. The maximum Gasteiger partial charge on any atom is 0.226 e. The van der Waals surface area contributed by atoms with E-state index in [2.05, 4.69) is 10.6 Å². The Kier molecular flexibility index (Phi) is 5.84. The molecule has 0 saturated carbocycles. The molecule has 1 atom stereocenters. The molecule has 2 aromatic carbocycles. The van der Waals surface area contributed by atoms with E-state index in [1.165, 1.54) is 13.8 Å². The first kappa shape index (κ1) is 17.4. The molecule has 0 heterocycles. The minimum Gasteiger partial charge on any atom is -0.349 e. The number of hydrogen-bond acceptors (Lipinski definition) is 3. The summed E-state index contributed by atoms with van der Waals surface area (Å²) < 4.78 is 0. The van der Waals surface area contributed by atoms with Crippen molar-refractivity contribution in [3.63, 3.8) is 0 Å². The van der Waals surface area contributed by atoms with E-state index in [0.717, 1.165) is 5.56 Å². The Hall–Kier alpha value is -2.95. The summed E-state index contributed by atoms with van der Waals surface area (Å²) in [7, 11) is 0.